The number of aromatic hydroxyl groups is 1. The summed E-state index contributed by atoms with van der Waals surface area (Å²) in [6.45, 7) is 0. The first-order chi connectivity index (χ1) is 11.0. The zero-order chi connectivity index (χ0) is 16.4. The van der Waals surface area contributed by atoms with Crippen molar-refractivity contribution in [1.29, 1.82) is 0 Å². The third-order valence-corrected chi connectivity index (χ3v) is 5.41. The van der Waals surface area contributed by atoms with Gasteiger partial charge in [-0.05, 0) is 49.3 Å². The fourth-order valence-corrected chi connectivity index (χ4v) is 4.14. The van der Waals surface area contributed by atoms with Gasteiger partial charge in [0.05, 0.1) is 5.02 Å². The number of rotatable bonds is 4. The molecule has 1 saturated carbocycles. The molecule has 1 aromatic carbocycles. The Labute approximate surface area is 140 Å². The van der Waals surface area contributed by atoms with Crippen molar-refractivity contribution < 1.29 is 19.4 Å². The van der Waals surface area contributed by atoms with Gasteiger partial charge in [-0.3, -0.25) is 9.59 Å². The SMILES string of the molecule is O=C1CC(=O)OC(CCc2ccc(O)c(Cl)c2)(C2CCCC2)C1. The van der Waals surface area contributed by atoms with Crippen LogP contribution < -0.4 is 0 Å². The third-order valence-electron chi connectivity index (χ3n) is 5.10. The number of ketones is 1. The zero-order valence-corrected chi connectivity index (χ0v) is 13.8. The van der Waals surface area contributed by atoms with Gasteiger partial charge in [-0.2, -0.15) is 0 Å². The van der Waals surface area contributed by atoms with Crippen molar-refractivity contribution in [2.45, 2.75) is 57.0 Å². The van der Waals surface area contributed by atoms with Crippen molar-refractivity contribution >= 4 is 23.4 Å². The van der Waals surface area contributed by atoms with E-state index in [9.17, 15) is 14.7 Å². The van der Waals surface area contributed by atoms with Crippen LogP contribution in [0.1, 0.15) is 50.5 Å². The number of halogens is 1. The molecular formula is C18H21ClO4. The average Bonchev–Trinajstić information content (AvgIpc) is 3.02. The van der Waals surface area contributed by atoms with Crippen LogP contribution in [0.5, 0.6) is 5.75 Å². The number of esters is 1. The predicted octanol–water partition coefficient (Wildman–Crippen LogP) is 3.81. The molecule has 0 aromatic heterocycles. The van der Waals surface area contributed by atoms with E-state index in [1.807, 2.05) is 6.07 Å². The number of carbonyl (C=O) groups excluding carboxylic acids is 2. The molecular weight excluding hydrogens is 316 g/mol. The highest BCUT2D eigenvalue weighted by atomic mass is 35.5. The van der Waals surface area contributed by atoms with E-state index in [1.165, 1.54) is 0 Å². The number of cyclic esters (lactones) is 1. The summed E-state index contributed by atoms with van der Waals surface area (Å²) in [6.07, 6.45) is 5.79. The fraction of sp³-hybridized carbons (Fsp3) is 0.556. The van der Waals surface area contributed by atoms with Gasteiger partial charge in [0.15, 0.2) is 0 Å². The summed E-state index contributed by atoms with van der Waals surface area (Å²) in [5, 5.41) is 9.82. The molecule has 1 aliphatic heterocycles. The standard InChI is InChI=1S/C18H21ClO4/c19-15-9-12(5-6-16(15)21)7-8-18(13-3-1-2-4-13)11-14(20)10-17(22)23-18/h5-6,9,13,21H,1-4,7-8,10-11H2. The Morgan fingerprint density at radius 3 is 2.65 bits per heavy atom. The van der Waals surface area contributed by atoms with Gasteiger partial charge in [0, 0.05) is 6.42 Å². The van der Waals surface area contributed by atoms with Crippen LogP contribution in [0.3, 0.4) is 0 Å². The lowest BCUT2D eigenvalue weighted by Gasteiger charge is -2.41. The second-order valence-electron chi connectivity index (χ2n) is 6.70. The Morgan fingerprint density at radius 2 is 2.00 bits per heavy atom. The van der Waals surface area contributed by atoms with Crippen molar-refractivity contribution in [3.05, 3.63) is 28.8 Å². The Hall–Kier alpha value is -1.55. The second kappa shape index (κ2) is 6.52. The molecule has 1 unspecified atom stereocenters. The van der Waals surface area contributed by atoms with Crippen LogP contribution >= 0.6 is 11.6 Å². The summed E-state index contributed by atoms with van der Waals surface area (Å²) in [4.78, 5) is 23.9. The van der Waals surface area contributed by atoms with Crippen molar-refractivity contribution in [2.75, 3.05) is 0 Å². The lowest BCUT2D eigenvalue weighted by Crippen LogP contribution is -2.48. The number of ether oxygens (including phenoxy) is 1. The normalized spacial score (nSPS) is 25.6. The lowest BCUT2D eigenvalue weighted by molar-refractivity contribution is -0.178. The predicted molar refractivity (Wildman–Crippen MR) is 86.5 cm³/mol. The van der Waals surface area contributed by atoms with Gasteiger partial charge in [0.1, 0.15) is 23.6 Å². The average molecular weight is 337 g/mol. The van der Waals surface area contributed by atoms with Gasteiger partial charge in [-0.15, -0.1) is 0 Å². The molecule has 3 rings (SSSR count). The topological polar surface area (TPSA) is 63.6 Å². The van der Waals surface area contributed by atoms with Gasteiger partial charge in [-0.25, -0.2) is 0 Å². The minimum Gasteiger partial charge on any atom is -0.506 e. The molecule has 1 heterocycles. The van der Waals surface area contributed by atoms with Crippen LogP contribution in [0.4, 0.5) is 0 Å². The summed E-state index contributed by atoms with van der Waals surface area (Å²) < 4.78 is 5.76. The summed E-state index contributed by atoms with van der Waals surface area (Å²) in [5.41, 5.74) is 0.312. The van der Waals surface area contributed by atoms with Crippen molar-refractivity contribution in [3.63, 3.8) is 0 Å². The smallest absolute Gasteiger partial charge is 0.313 e. The highest BCUT2D eigenvalue weighted by molar-refractivity contribution is 6.32. The van der Waals surface area contributed by atoms with Gasteiger partial charge in [0.2, 0.25) is 0 Å². The Kier molecular flexibility index (Phi) is 4.62. The molecule has 1 atom stereocenters. The molecule has 1 aliphatic carbocycles. The van der Waals surface area contributed by atoms with Crippen molar-refractivity contribution in [1.82, 2.24) is 0 Å². The van der Waals surface area contributed by atoms with Gasteiger partial charge < -0.3 is 9.84 Å². The fourth-order valence-electron chi connectivity index (χ4n) is 3.94. The molecule has 4 nitrogen and oxygen atoms in total. The minimum absolute atomic E-state index is 0.0168. The molecule has 0 radical (unpaired) electrons. The molecule has 1 aromatic rings. The summed E-state index contributed by atoms with van der Waals surface area (Å²) in [7, 11) is 0. The molecule has 0 bridgehead atoms. The Morgan fingerprint density at radius 1 is 1.26 bits per heavy atom. The highest BCUT2D eigenvalue weighted by Gasteiger charge is 2.47. The molecule has 5 heteroatoms. The van der Waals surface area contributed by atoms with E-state index in [-0.39, 0.29) is 23.9 Å². The van der Waals surface area contributed by atoms with Crippen LogP contribution in [0.15, 0.2) is 18.2 Å². The van der Waals surface area contributed by atoms with Crippen LogP contribution in [0.25, 0.3) is 0 Å². The number of hydrogen-bond acceptors (Lipinski definition) is 4. The van der Waals surface area contributed by atoms with E-state index in [1.54, 1.807) is 12.1 Å². The largest absolute Gasteiger partial charge is 0.506 e. The maximum Gasteiger partial charge on any atom is 0.313 e. The molecule has 0 amide bonds. The summed E-state index contributed by atoms with van der Waals surface area (Å²) >= 11 is 5.95. The number of benzene rings is 1. The van der Waals surface area contributed by atoms with Crippen LogP contribution in [0.2, 0.25) is 5.02 Å². The molecule has 2 fully saturated rings. The number of hydrogen-bond donors (Lipinski definition) is 1. The molecule has 0 spiro atoms. The number of carbonyl (C=O) groups is 2. The lowest BCUT2D eigenvalue weighted by atomic mass is 9.76. The van der Waals surface area contributed by atoms with Crippen molar-refractivity contribution in [2.24, 2.45) is 5.92 Å². The minimum atomic E-state index is -0.659. The third kappa shape index (κ3) is 3.52. The first-order valence-electron chi connectivity index (χ1n) is 8.19. The van der Waals surface area contributed by atoms with Gasteiger partial charge in [-0.1, -0.05) is 30.5 Å². The summed E-state index contributed by atoms with van der Waals surface area (Å²) in [6, 6.07) is 5.11. The maximum atomic E-state index is 12.0. The van der Waals surface area contributed by atoms with E-state index in [4.69, 9.17) is 16.3 Å². The molecule has 124 valence electrons. The van der Waals surface area contributed by atoms with Gasteiger partial charge in [0.25, 0.3) is 0 Å². The molecule has 1 saturated heterocycles. The van der Waals surface area contributed by atoms with Crippen LogP contribution in [-0.4, -0.2) is 22.5 Å². The quantitative estimate of drug-likeness (QED) is 0.670. The highest BCUT2D eigenvalue weighted by Crippen LogP contribution is 2.44. The van der Waals surface area contributed by atoms with E-state index in [0.717, 1.165) is 31.2 Å². The summed E-state index contributed by atoms with van der Waals surface area (Å²) in [5.74, 6) is -0.0859. The number of phenolic OH excluding ortho intramolecular Hbond substituents is 1. The number of phenols is 1. The zero-order valence-electron chi connectivity index (χ0n) is 13.0. The second-order valence-corrected chi connectivity index (χ2v) is 7.11. The van der Waals surface area contributed by atoms with Crippen molar-refractivity contribution in [3.8, 4) is 5.75 Å². The first-order valence-corrected chi connectivity index (χ1v) is 8.57. The van der Waals surface area contributed by atoms with E-state index in [2.05, 4.69) is 0 Å². The van der Waals surface area contributed by atoms with Gasteiger partial charge >= 0.3 is 5.97 Å². The number of aryl methyl sites for hydroxylation is 1. The Bertz CT molecular complexity index is 603. The monoisotopic (exact) mass is 336 g/mol. The van der Waals surface area contributed by atoms with Crippen LogP contribution in [0, 0.1) is 5.92 Å². The number of Topliss-reactive ketones (excluding diaryl/α,β-unsaturated/α-hetero) is 1. The van der Waals surface area contributed by atoms with E-state index >= 15 is 0 Å². The van der Waals surface area contributed by atoms with E-state index in [0.29, 0.717) is 24.3 Å². The maximum absolute atomic E-state index is 12.0. The molecule has 1 N–H and O–H groups in total. The van der Waals surface area contributed by atoms with Crippen LogP contribution in [-0.2, 0) is 20.7 Å². The Balaban J connectivity index is 1.79. The van der Waals surface area contributed by atoms with E-state index < -0.39 is 11.6 Å². The molecule has 2 aliphatic rings. The molecule has 23 heavy (non-hydrogen) atoms. The first kappa shape index (κ1) is 16.3.